The summed E-state index contributed by atoms with van der Waals surface area (Å²) in [4.78, 5) is 93.1. The van der Waals surface area contributed by atoms with Gasteiger partial charge in [0.25, 0.3) is 0 Å². The third-order valence-electron chi connectivity index (χ3n) is 23.0. The molecular formula is C102H144O12. The standard InChI is InChI=1S/C102H144O12/c1-7-13-19-25-31-37-43-49-79-55-67-85(68-56-79)97(103)109-91-92(110-98(104)86-69-57-80(58-70-86)50-44-38-32-26-20-14-8-2)94(112-100(106)88-73-61-82(62-74-88)52-46-40-34-28-22-16-10-4)96(114-102(108)90-77-65-84(66-78-90)54-48-42-36-30-24-18-12-6)95(113-101(107)89-75-63-83(64-76-89)53-47-41-35-29-23-17-11-5)93(91)111-99(105)87-71-59-81(60-72-87)51-45-39-33-27-21-15-9-3/h55-78,91-96H,7-54H2,1-6H3. The van der Waals surface area contributed by atoms with Gasteiger partial charge in [-0.2, -0.15) is 0 Å². The zero-order valence-electron chi connectivity index (χ0n) is 71.2. The van der Waals surface area contributed by atoms with Gasteiger partial charge < -0.3 is 28.4 Å². The van der Waals surface area contributed by atoms with Crippen molar-refractivity contribution in [3.8, 4) is 0 Å². The molecule has 0 saturated heterocycles. The van der Waals surface area contributed by atoms with Crippen LogP contribution >= 0.6 is 0 Å². The predicted molar refractivity (Wildman–Crippen MR) is 464 cm³/mol. The van der Waals surface area contributed by atoms with Crippen molar-refractivity contribution in [3.63, 3.8) is 0 Å². The number of aryl methyl sites for hydroxylation is 6. The predicted octanol–water partition coefficient (Wildman–Crippen LogP) is 27.1. The number of ether oxygens (including phenoxy) is 6. The minimum absolute atomic E-state index is 0.126. The van der Waals surface area contributed by atoms with Gasteiger partial charge >= 0.3 is 35.8 Å². The molecule has 0 unspecified atom stereocenters. The van der Waals surface area contributed by atoms with Crippen LogP contribution in [0.5, 0.6) is 0 Å². The normalized spacial score (nSPS) is 15.9. The molecule has 0 heterocycles. The van der Waals surface area contributed by atoms with E-state index in [4.69, 9.17) is 28.4 Å². The lowest BCUT2D eigenvalue weighted by Gasteiger charge is -2.47. The highest BCUT2D eigenvalue weighted by molar-refractivity contribution is 5.94. The summed E-state index contributed by atoms with van der Waals surface area (Å²) in [6, 6.07) is 42.9. The fourth-order valence-electron chi connectivity index (χ4n) is 15.6. The second-order valence-electron chi connectivity index (χ2n) is 32.6. The quantitative estimate of drug-likeness (QED) is 0.0202. The SMILES string of the molecule is CCCCCCCCCc1ccc(C(=O)OC2C(OC(=O)c3ccc(CCCCCCCCC)cc3)C(OC(=O)c3ccc(CCCCCCCCC)cc3)C(OC(=O)c3ccc(CCCCCCCCC)cc3)C(OC(=O)c3ccc(CCCCCCCCC)cc3)C2OC(=O)c2ccc(CCCCCCCCC)cc2)cc1. The smallest absolute Gasteiger partial charge is 0.338 e. The van der Waals surface area contributed by atoms with Crippen molar-refractivity contribution < 1.29 is 57.2 Å². The number of benzene rings is 6. The Balaban J connectivity index is 1.37. The molecule has 12 nitrogen and oxygen atoms in total. The van der Waals surface area contributed by atoms with Crippen molar-refractivity contribution in [1.29, 1.82) is 0 Å². The van der Waals surface area contributed by atoms with Crippen LogP contribution in [0.1, 0.15) is 407 Å². The van der Waals surface area contributed by atoms with Crippen LogP contribution in [-0.4, -0.2) is 72.4 Å². The maximum atomic E-state index is 15.5. The van der Waals surface area contributed by atoms with Crippen LogP contribution < -0.4 is 0 Å². The summed E-state index contributed by atoms with van der Waals surface area (Å²) in [5.41, 5.74) is 6.93. The van der Waals surface area contributed by atoms with Crippen molar-refractivity contribution >= 4 is 35.8 Å². The van der Waals surface area contributed by atoms with Crippen LogP contribution in [0.15, 0.2) is 146 Å². The Morgan fingerprint density at radius 1 is 0.167 bits per heavy atom. The van der Waals surface area contributed by atoms with Gasteiger partial charge in [0.05, 0.1) is 33.4 Å². The summed E-state index contributed by atoms with van der Waals surface area (Å²) in [6.45, 7) is 13.3. The molecule has 0 radical (unpaired) electrons. The van der Waals surface area contributed by atoms with Gasteiger partial charge in [-0.05, 0) is 183 Å². The van der Waals surface area contributed by atoms with Crippen molar-refractivity contribution in [2.75, 3.05) is 0 Å². The Kier molecular flexibility index (Phi) is 46.2. The zero-order chi connectivity index (χ0) is 81.0. The molecule has 7 rings (SSSR count). The molecule has 0 atom stereocenters. The van der Waals surface area contributed by atoms with Crippen molar-refractivity contribution in [2.24, 2.45) is 0 Å². The molecule has 0 N–H and O–H groups in total. The van der Waals surface area contributed by atoms with E-state index in [1.807, 2.05) is 72.8 Å². The van der Waals surface area contributed by atoms with Crippen LogP contribution in [0.4, 0.5) is 0 Å². The number of unbranched alkanes of at least 4 members (excludes halogenated alkanes) is 36. The van der Waals surface area contributed by atoms with E-state index in [0.717, 1.165) is 187 Å². The first-order chi connectivity index (χ1) is 55.9. The molecule has 6 aromatic carbocycles. The van der Waals surface area contributed by atoms with Crippen LogP contribution in [0.3, 0.4) is 0 Å². The van der Waals surface area contributed by atoms with Crippen molar-refractivity contribution in [2.45, 2.75) is 386 Å². The highest BCUT2D eigenvalue weighted by Crippen LogP contribution is 2.38. The van der Waals surface area contributed by atoms with E-state index < -0.39 is 72.4 Å². The molecule has 12 heteroatoms. The number of hydrogen-bond acceptors (Lipinski definition) is 12. The third kappa shape index (κ3) is 34.9. The summed E-state index contributed by atoms with van der Waals surface area (Å²) < 4.78 is 40.7. The molecule has 0 spiro atoms. The Morgan fingerprint density at radius 3 is 0.386 bits per heavy atom. The fourth-order valence-corrected chi connectivity index (χ4v) is 15.6. The van der Waals surface area contributed by atoms with Gasteiger partial charge in [-0.3, -0.25) is 0 Å². The van der Waals surface area contributed by atoms with Gasteiger partial charge in [-0.25, -0.2) is 28.8 Å². The van der Waals surface area contributed by atoms with E-state index in [1.165, 1.54) is 154 Å². The molecule has 1 aliphatic rings. The maximum absolute atomic E-state index is 15.5. The third-order valence-corrected chi connectivity index (χ3v) is 23.0. The van der Waals surface area contributed by atoms with E-state index in [0.29, 0.717) is 0 Å². The van der Waals surface area contributed by atoms with E-state index in [1.54, 1.807) is 72.8 Å². The highest BCUT2D eigenvalue weighted by Gasteiger charge is 2.62. The van der Waals surface area contributed by atoms with Crippen LogP contribution in [0.25, 0.3) is 0 Å². The van der Waals surface area contributed by atoms with Crippen LogP contribution in [0, 0.1) is 0 Å². The molecule has 624 valence electrons. The minimum atomic E-state index is -1.92. The molecule has 6 aromatic rings. The number of esters is 6. The summed E-state index contributed by atoms with van der Waals surface area (Å²) in [5, 5.41) is 0. The van der Waals surface area contributed by atoms with Gasteiger partial charge in [0.1, 0.15) is 0 Å². The summed E-state index contributed by atoms with van der Waals surface area (Å²) >= 11 is 0. The van der Waals surface area contributed by atoms with Crippen LogP contribution in [0.2, 0.25) is 0 Å². The van der Waals surface area contributed by atoms with Gasteiger partial charge in [-0.15, -0.1) is 0 Å². The first-order valence-electron chi connectivity index (χ1n) is 45.7. The summed E-state index contributed by atoms with van der Waals surface area (Å²) in [6.07, 6.45) is 41.5. The Labute approximate surface area is 687 Å². The molecule has 114 heavy (non-hydrogen) atoms. The average Bonchev–Trinajstić information content (AvgIpc) is 0.748. The largest absolute Gasteiger partial charge is 0.450 e. The van der Waals surface area contributed by atoms with Gasteiger partial charge in [-0.1, -0.05) is 345 Å². The Bertz CT molecular complexity index is 2970. The molecule has 1 aliphatic carbocycles. The molecule has 0 amide bonds. The number of carbonyl (C=O) groups excluding carboxylic acids is 6. The number of rotatable bonds is 60. The fraction of sp³-hybridized carbons (Fsp3) is 0.588. The lowest BCUT2D eigenvalue weighted by atomic mass is 9.83. The second-order valence-corrected chi connectivity index (χ2v) is 32.6. The van der Waals surface area contributed by atoms with E-state index in [2.05, 4.69) is 41.5 Å². The van der Waals surface area contributed by atoms with E-state index in [-0.39, 0.29) is 33.4 Å². The van der Waals surface area contributed by atoms with Gasteiger partial charge in [0.2, 0.25) is 0 Å². The Morgan fingerprint density at radius 2 is 0.272 bits per heavy atom. The highest BCUT2D eigenvalue weighted by atomic mass is 16.7. The molecule has 0 bridgehead atoms. The molecule has 1 fully saturated rings. The van der Waals surface area contributed by atoms with Gasteiger partial charge in [0, 0.05) is 0 Å². The van der Waals surface area contributed by atoms with Crippen LogP contribution in [-0.2, 0) is 66.9 Å². The Hall–Kier alpha value is -7.86. The lowest BCUT2D eigenvalue weighted by molar-refractivity contribution is -0.223. The molecule has 1 saturated carbocycles. The first kappa shape index (κ1) is 93.3. The number of hydrogen-bond donors (Lipinski definition) is 0. The first-order valence-corrected chi connectivity index (χ1v) is 45.7. The topological polar surface area (TPSA) is 158 Å². The summed E-state index contributed by atoms with van der Waals surface area (Å²) in [5.74, 6) is -5.39. The molecular weight excluding hydrogens is 1420 g/mol. The monoisotopic (exact) mass is 1560 g/mol. The lowest BCUT2D eigenvalue weighted by Crippen LogP contribution is -2.69. The maximum Gasteiger partial charge on any atom is 0.338 e. The summed E-state index contributed by atoms with van der Waals surface area (Å²) in [7, 11) is 0. The number of carbonyl (C=O) groups is 6. The van der Waals surface area contributed by atoms with Crippen molar-refractivity contribution in [3.05, 3.63) is 212 Å². The van der Waals surface area contributed by atoms with E-state index >= 15 is 28.8 Å². The molecule has 0 aromatic heterocycles. The van der Waals surface area contributed by atoms with Crippen molar-refractivity contribution in [1.82, 2.24) is 0 Å². The second kappa shape index (κ2) is 56.4. The van der Waals surface area contributed by atoms with E-state index in [9.17, 15) is 0 Å². The minimum Gasteiger partial charge on any atom is -0.450 e. The zero-order valence-corrected chi connectivity index (χ0v) is 71.2. The average molecular weight is 1560 g/mol. The van der Waals surface area contributed by atoms with Gasteiger partial charge in [0.15, 0.2) is 36.6 Å². The molecule has 0 aliphatic heterocycles.